The van der Waals surface area contributed by atoms with E-state index < -0.39 is 0 Å². The maximum Gasteiger partial charge on any atom is 0.126 e. The molecule has 0 radical (unpaired) electrons. The maximum absolute atomic E-state index is 6.62. The zero-order valence-corrected chi connectivity index (χ0v) is 16.3. The largest absolute Gasteiger partial charge is 0.487 e. The van der Waals surface area contributed by atoms with Crippen molar-refractivity contribution in [3.05, 3.63) is 29.8 Å². The third kappa shape index (κ3) is 3.71. The van der Waals surface area contributed by atoms with E-state index in [2.05, 4.69) is 69.6 Å². The molecular weight excluding hydrogens is 310 g/mol. The Kier molecular flexibility index (Phi) is 5.14. The van der Waals surface area contributed by atoms with Crippen LogP contribution in [0.25, 0.3) is 0 Å². The Labute approximate surface area is 152 Å². The van der Waals surface area contributed by atoms with Gasteiger partial charge in [0.05, 0.1) is 12.6 Å². The van der Waals surface area contributed by atoms with Crippen LogP contribution in [0.4, 0.5) is 0 Å². The third-order valence-electron chi connectivity index (χ3n) is 5.73. The second-order valence-corrected chi connectivity index (χ2v) is 7.92. The molecule has 1 fully saturated rings. The quantitative estimate of drug-likeness (QED) is 0.759. The molecule has 0 bridgehead atoms. The van der Waals surface area contributed by atoms with Gasteiger partial charge in [0.15, 0.2) is 0 Å². The normalized spacial score (nSPS) is 29.8. The molecule has 1 saturated heterocycles. The third-order valence-corrected chi connectivity index (χ3v) is 5.73. The molecule has 0 saturated carbocycles. The first-order chi connectivity index (χ1) is 11.9. The molecule has 2 heterocycles. The number of rotatable bonds is 3. The zero-order chi connectivity index (χ0) is 18.1. The molecule has 0 N–H and O–H groups in total. The summed E-state index contributed by atoms with van der Waals surface area (Å²) in [6.07, 6.45) is 2.08. The van der Waals surface area contributed by atoms with E-state index in [0.29, 0.717) is 5.92 Å². The van der Waals surface area contributed by atoms with Gasteiger partial charge in [0.25, 0.3) is 0 Å². The summed E-state index contributed by atoms with van der Waals surface area (Å²) < 4.78 is 12.9. The van der Waals surface area contributed by atoms with Crippen LogP contribution >= 0.6 is 0 Å². The Balaban J connectivity index is 1.83. The number of nitrogens with zero attached hydrogens (tertiary/aromatic N) is 1. The molecule has 25 heavy (non-hydrogen) atoms. The Morgan fingerprint density at radius 3 is 2.60 bits per heavy atom. The van der Waals surface area contributed by atoms with Gasteiger partial charge in [-0.15, -0.1) is 0 Å². The summed E-state index contributed by atoms with van der Waals surface area (Å²) in [5, 5.41) is 0. The van der Waals surface area contributed by atoms with Crippen molar-refractivity contribution in [2.75, 3.05) is 19.6 Å². The van der Waals surface area contributed by atoms with Gasteiger partial charge in [-0.1, -0.05) is 43.9 Å². The molecule has 3 atom stereocenters. The van der Waals surface area contributed by atoms with Crippen LogP contribution < -0.4 is 4.74 Å². The van der Waals surface area contributed by atoms with E-state index in [1.807, 2.05) is 6.07 Å². The molecule has 1 aromatic rings. The van der Waals surface area contributed by atoms with Gasteiger partial charge < -0.3 is 9.47 Å². The summed E-state index contributed by atoms with van der Waals surface area (Å²) in [5.74, 6) is 8.11. The molecule has 3 rings (SSSR count). The molecule has 3 nitrogen and oxygen atoms in total. The second kappa shape index (κ2) is 7.02. The van der Waals surface area contributed by atoms with Crippen LogP contribution in [-0.2, 0) is 4.74 Å². The summed E-state index contributed by atoms with van der Waals surface area (Å²) in [5.41, 5.74) is 0.576. The predicted octanol–water partition coefficient (Wildman–Crippen LogP) is 4.43. The first-order valence-corrected chi connectivity index (χ1v) is 9.56. The highest BCUT2D eigenvalue weighted by Crippen LogP contribution is 2.52. The lowest BCUT2D eigenvalue weighted by molar-refractivity contribution is -0.169. The SMILES string of the molecule is CCN(CC)CC#C[C@]1(C)CC[C@@H]2[C@H](O1)c1ccccc1OC2(C)C. The smallest absolute Gasteiger partial charge is 0.126 e. The summed E-state index contributed by atoms with van der Waals surface area (Å²) in [6.45, 7) is 13.7. The van der Waals surface area contributed by atoms with E-state index in [-0.39, 0.29) is 17.3 Å². The topological polar surface area (TPSA) is 21.7 Å². The summed E-state index contributed by atoms with van der Waals surface area (Å²) >= 11 is 0. The second-order valence-electron chi connectivity index (χ2n) is 7.92. The lowest BCUT2D eigenvalue weighted by atomic mass is 9.73. The minimum absolute atomic E-state index is 0.0569. The van der Waals surface area contributed by atoms with Gasteiger partial charge >= 0.3 is 0 Å². The van der Waals surface area contributed by atoms with Gasteiger partial charge in [0.1, 0.15) is 17.0 Å². The fourth-order valence-electron chi connectivity index (χ4n) is 4.04. The molecule has 0 aromatic heterocycles. The van der Waals surface area contributed by atoms with E-state index >= 15 is 0 Å². The van der Waals surface area contributed by atoms with Crippen molar-refractivity contribution in [1.29, 1.82) is 0 Å². The van der Waals surface area contributed by atoms with E-state index in [0.717, 1.165) is 38.2 Å². The van der Waals surface area contributed by atoms with E-state index in [9.17, 15) is 0 Å². The van der Waals surface area contributed by atoms with Crippen molar-refractivity contribution in [3.8, 4) is 17.6 Å². The van der Waals surface area contributed by atoms with E-state index in [1.54, 1.807) is 0 Å². The maximum atomic E-state index is 6.62. The Morgan fingerprint density at radius 2 is 1.88 bits per heavy atom. The molecular formula is C22H31NO2. The fourth-order valence-corrected chi connectivity index (χ4v) is 4.04. The van der Waals surface area contributed by atoms with Gasteiger partial charge in [-0.05, 0) is 52.8 Å². The van der Waals surface area contributed by atoms with E-state index in [1.165, 1.54) is 5.56 Å². The van der Waals surface area contributed by atoms with Crippen LogP contribution in [0.5, 0.6) is 5.75 Å². The molecule has 0 unspecified atom stereocenters. The molecule has 0 spiro atoms. The Hall–Kier alpha value is -1.50. The Morgan fingerprint density at radius 1 is 1.16 bits per heavy atom. The van der Waals surface area contributed by atoms with Gasteiger partial charge in [-0.3, -0.25) is 4.90 Å². The lowest BCUT2D eigenvalue weighted by Gasteiger charge is -2.50. The number of hydrogen-bond donors (Lipinski definition) is 0. The van der Waals surface area contributed by atoms with Crippen LogP contribution in [0.2, 0.25) is 0 Å². The number of hydrogen-bond acceptors (Lipinski definition) is 3. The van der Waals surface area contributed by atoms with Gasteiger partial charge in [0, 0.05) is 11.5 Å². The average Bonchev–Trinajstić information content (AvgIpc) is 2.58. The molecule has 0 aliphatic carbocycles. The lowest BCUT2D eigenvalue weighted by Crippen LogP contribution is -2.50. The highest BCUT2D eigenvalue weighted by Gasteiger charge is 2.49. The van der Waals surface area contributed by atoms with Crippen molar-refractivity contribution >= 4 is 0 Å². The Bertz CT molecular complexity index is 668. The first kappa shape index (κ1) is 18.3. The minimum atomic E-state index is -0.380. The van der Waals surface area contributed by atoms with Crippen LogP contribution in [0.3, 0.4) is 0 Å². The first-order valence-electron chi connectivity index (χ1n) is 9.56. The molecule has 2 aliphatic heterocycles. The molecule has 1 aromatic carbocycles. The summed E-state index contributed by atoms with van der Waals surface area (Å²) in [6, 6.07) is 8.28. The van der Waals surface area contributed by atoms with Crippen molar-refractivity contribution in [3.63, 3.8) is 0 Å². The number of ether oxygens (including phenoxy) is 2. The van der Waals surface area contributed by atoms with Crippen LogP contribution in [-0.4, -0.2) is 35.7 Å². The van der Waals surface area contributed by atoms with Gasteiger partial charge in [0.2, 0.25) is 0 Å². The molecule has 3 heteroatoms. The highest BCUT2D eigenvalue weighted by molar-refractivity contribution is 5.39. The van der Waals surface area contributed by atoms with Crippen molar-refractivity contribution in [2.24, 2.45) is 5.92 Å². The fraction of sp³-hybridized carbons (Fsp3) is 0.636. The zero-order valence-electron chi connectivity index (χ0n) is 16.3. The highest BCUT2D eigenvalue weighted by atomic mass is 16.5. The number of benzene rings is 1. The van der Waals surface area contributed by atoms with E-state index in [4.69, 9.17) is 9.47 Å². The standard InChI is InChI=1S/C22H31NO2/c1-6-23(7-2)16-10-14-22(5)15-13-18-20(25-22)17-11-8-9-12-19(17)24-21(18,3)4/h8-9,11-12,18,20H,6-7,13,15-16H2,1-5H3/t18-,20-,22-/m1/s1. The summed E-state index contributed by atoms with van der Waals surface area (Å²) in [4.78, 5) is 2.33. The van der Waals surface area contributed by atoms with Crippen LogP contribution in [0.1, 0.15) is 59.1 Å². The van der Waals surface area contributed by atoms with Crippen molar-refractivity contribution in [1.82, 2.24) is 4.90 Å². The van der Waals surface area contributed by atoms with Gasteiger partial charge in [-0.2, -0.15) is 0 Å². The minimum Gasteiger partial charge on any atom is -0.487 e. The number of fused-ring (bicyclic) bond motifs is 3. The van der Waals surface area contributed by atoms with Crippen molar-refractivity contribution in [2.45, 2.75) is 64.8 Å². The summed E-state index contributed by atoms with van der Waals surface area (Å²) in [7, 11) is 0. The number of para-hydroxylation sites is 1. The monoisotopic (exact) mass is 341 g/mol. The van der Waals surface area contributed by atoms with Gasteiger partial charge in [-0.25, -0.2) is 0 Å². The predicted molar refractivity (Wildman–Crippen MR) is 102 cm³/mol. The molecule has 2 aliphatic rings. The average molecular weight is 341 g/mol. The van der Waals surface area contributed by atoms with Crippen LogP contribution in [0, 0.1) is 17.8 Å². The molecule has 136 valence electrons. The molecule has 0 amide bonds. The van der Waals surface area contributed by atoms with Crippen molar-refractivity contribution < 1.29 is 9.47 Å². The van der Waals surface area contributed by atoms with Crippen LogP contribution in [0.15, 0.2) is 24.3 Å².